The number of carbonyl (C=O) groups excluding carboxylic acids is 1. The van der Waals surface area contributed by atoms with Gasteiger partial charge in [-0.2, -0.15) is 0 Å². The van der Waals surface area contributed by atoms with E-state index in [2.05, 4.69) is 0 Å². The van der Waals surface area contributed by atoms with Crippen LogP contribution in [0.1, 0.15) is 37.0 Å². The van der Waals surface area contributed by atoms with Crippen molar-refractivity contribution in [2.24, 2.45) is 5.73 Å². The summed E-state index contributed by atoms with van der Waals surface area (Å²) in [5.41, 5.74) is 7.25. The molecule has 1 amide bonds. The van der Waals surface area contributed by atoms with Gasteiger partial charge in [-0.3, -0.25) is 4.79 Å². The lowest BCUT2D eigenvalue weighted by molar-refractivity contribution is -0.134. The molecular formula is C15H23ClN2O2. The molecule has 0 bridgehead atoms. The summed E-state index contributed by atoms with van der Waals surface area (Å²) in [4.78, 5) is 13.8. The van der Waals surface area contributed by atoms with Gasteiger partial charge in [0.25, 0.3) is 0 Å². The Morgan fingerprint density at radius 3 is 2.40 bits per heavy atom. The molecule has 0 aromatic heterocycles. The highest BCUT2D eigenvalue weighted by Crippen LogP contribution is 2.34. The summed E-state index contributed by atoms with van der Waals surface area (Å²) in [6.45, 7) is 4.78. The molecule has 0 radical (unpaired) electrons. The summed E-state index contributed by atoms with van der Waals surface area (Å²) in [6.07, 6.45) is 0.846. The van der Waals surface area contributed by atoms with Gasteiger partial charge in [0.05, 0.1) is 18.2 Å². The minimum atomic E-state index is -0.664. The largest absolute Gasteiger partial charge is 0.387 e. The maximum absolute atomic E-state index is 12.2. The molecule has 2 rings (SSSR count). The topological polar surface area (TPSA) is 66.6 Å². The Hall–Kier alpha value is -1.10. The molecule has 1 fully saturated rings. The third-order valence-corrected chi connectivity index (χ3v) is 3.74. The van der Waals surface area contributed by atoms with Gasteiger partial charge < -0.3 is 15.7 Å². The van der Waals surface area contributed by atoms with Gasteiger partial charge in [-0.15, -0.1) is 12.4 Å². The molecule has 1 saturated carbocycles. The second-order valence-electron chi connectivity index (χ2n) is 5.43. The van der Waals surface area contributed by atoms with Crippen LogP contribution in [0, 0.1) is 6.92 Å². The lowest BCUT2D eigenvalue weighted by Gasteiger charge is -2.26. The summed E-state index contributed by atoms with van der Waals surface area (Å²) in [6, 6.07) is 7.71. The molecule has 1 unspecified atom stereocenters. The van der Waals surface area contributed by atoms with Crippen LogP contribution in [-0.4, -0.2) is 34.5 Å². The Balaban J connectivity index is 0.00000200. The van der Waals surface area contributed by atoms with Crippen molar-refractivity contribution in [1.29, 1.82) is 0 Å². The number of nitrogens with zero attached hydrogens (tertiary/aromatic N) is 1. The van der Waals surface area contributed by atoms with Gasteiger partial charge in [-0.1, -0.05) is 29.8 Å². The highest BCUT2D eigenvalue weighted by molar-refractivity contribution is 5.89. The highest BCUT2D eigenvalue weighted by Gasteiger charge is 2.48. The summed E-state index contributed by atoms with van der Waals surface area (Å²) in [7, 11) is 0. The number of carbonyl (C=O) groups is 1. The number of nitrogens with two attached hydrogens (primary N) is 1. The second kappa shape index (κ2) is 6.57. The molecule has 112 valence electrons. The SMILES string of the molecule is CCN(CC(O)c1ccc(C)cc1)C(=O)C1(N)CC1.Cl. The zero-order chi connectivity index (χ0) is 14.0. The molecule has 1 aliphatic carbocycles. The van der Waals surface area contributed by atoms with E-state index in [4.69, 9.17) is 5.73 Å². The van der Waals surface area contributed by atoms with Crippen molar-refractivity contribution in [1.82, 2.24) is 4.90 Å². The molecule has 0 saturated heterocycles. The zero-order valence-electron chi connectivity index (χ0n) is 12.0. The maximum Gasteiger partial charge on any atom is 0.242 e. The zero-order valence-corrected chi connectivity index (χ0v) is 12.8. The molecule has 0 aliphatic heterocycles. The van der Waals surface area contributed by atoms with E-state index in [1.165, 1.54) is 0 Å². The van der Waals surface area contributed by atoms with Crippen molar-refractivity contribution in [3.05, 3.63) is 35.4 Å². The molecular weight excluding hydrogens is 276 g/mol. The van der Waals surface area contributed by atoms with Crippen LogP contribution >= 0.6 is 12.4 Å². The number of aryl methyl sites for hydroxylation is 1. The quantitative estimate of drug-likeness (QED) is 0.871. The fourth-order valence-electron chi connectivity index (χ4n) is 2.12. The van der Waals surface area contributed by atoms with Crippen LogP contribution < -0.4 is 5.73 Å². The monoisotopic (exact) mass is 298 g/mol. The van der Waals surface area contributed by atoms with Crippen molar-refractivity contribution in [2.45, 2.75) is 38.3 Å². The standard InChI is InChI=1S/C15H22N2O2.ClH/c1-3-17(14(19)15(16)8-9-15)10-13(18)12-6-4-11(2)5-7-12;/h4-7,13,18H,3,8-10,16H2,1-2H3;1H. The van der Waals surface area contributed by atoms with E-state index in [9.17, 15) is 9.90 Å². The van der Waals surface area contributed by atoms with E-state index < -0.39 is 11.6 Å². The molecule has 1 aromatic rings. The van der Waals surface area contributed by atoms with Crippen LogP contribution in [0.4, 0.5) is 0 Å². The molecule has 0 spiro atoms. The van der Waals surface area contributed by atoms with E-state index in [1.807, 2.05) is 38.1 Å². The minimum absolute atomic E-state index is 0. The van der Waals surface area contributed by atoms with Gasteiger partial charge in [0.15, 0.2) is 0 Å². The third kappa shape index (κ3) is 3.72. The van der Waals surface area contributed by atoms with Crippen LogP contribution in [0.3, 0.4) is 0 Å². The fraction of sp³-hybridized carbons (Fsp3) is 0.533. The van der Waals surface area contributed by atoms with Gasteiger partial charge in [-0.25, -0.2) is 0 Å². The molecule has 1 atom stereocenters. The third-order valence-electron chi connectivity index (χ3n) is 3.74. The molecule has 1 aromatic carbocycles. The summed E-state index contributed by atoms with van der Waals surface area (Å²) in [5.74, 6) is -0.0406. The van der Waals surface area contributed by atoms with E-state index in [1.54, 1.807) is 4.90 Å². The first-order valence-electron chi connectivity index (χ1n) is 6.79. The summed E-state index contributed by atoms with van der Waals surface area (Å²) >= 11 is 0. The van der Waals surface area contributed by atoms with Crippen LogP contribution in [0.25, 0.3) is 0 Å². The molecule has 0 heterocycles. The Morgan fingerprint density at radius 2 is 1.95 bits per heavy atom. The lowest BCUT2D eigenvalue weighted by atomic mass is 10.1. The van der Waals surface area contributed by atoms with Crippen molar-refractivity contribution < 1.29 is 9.90 Å². The van der Waals surface area contributed by atoms with Gasteiger partial charge in [-0.05, 0) is 32.3 Å². The number of benzene rings is 1. The number of hydrogen-bond acceptors (Lipinski definition) is 3. The molecule has 3 N–H and O–H groups in total. The van der Waals surface area contributed by atoms with E-state index in [0.29, 0.717) is 13.1 Å². The summed E-state index contributed by atoms with van der Waals surface area (Å²) in [5, 5.41) is 10.2. The normalized spacial score (nSPS) is 17.0. The Kier molecular flexibility index (Phi) is 5.57. The first-order chi connectivity index (χ1) is 8.96. The molecule has 1 aliphatic rings. The average molecular weight is 299 g/mol. The van der Waals surface area contributed by atoms with Crippen LogP contribution in [-0.2, 0) is 4.79 Å². The predicted molar refractivity (Wildman–Crippen MR) is 81.8 cm³/mol. The number of aliphatic hydroxyl groups is 1. The lowest BCUT2D eigenvalue weighted by Crippen LogP contribution is -2.47. The predicted octanol–water partition coefficient (Wildman–Crippen LogP) is 1.79. The van der Waals surface area contributed by atoms with Crippen LogP contribution in [0.5, 0.6) is 0 Å². The fourth-order valence-corrected chi connectivity index (χ4v) is 2.12. The number of rotatable bonds is 5. The average Bonchev–Trinajstić information content (AvgIpc) is 3.15. The van der Waals surface area contributed by atoms with E-state index in [-0.39, 0.29) is 18.3 Å². The smallest absolute Gasteiger partial charge is 0.242 e. The Morgan fingerprint density at radius 1 is 1.40 bits per heavy atom. The number of likely N-dealkylation sites (N-methyl/N-ethyl adjacent to an activating group) is 1. The van der Waals surface area contributed by atoms with Crippen molar-refractivity contribution in [2.75, 3.05) is 13.1 Å². The number of halogens is 1. The van der Waals surface area contributed by atoms with Gasteiger partial charge in [0.1, 0.15) is 0 Å². The van der Waals surface area contributed by atoms with Gasteiger partial charge in [0, 0.05) is 6.54 Å². The Bertz CT molecular complexity index is 457. The summed E-state index contributed by atoms with van der Waals surface area (Å²) < 4.78 is 0. The van der Waals surface area contributed by atoms with E-state index >= 15 is 0 Å². The maximum atomic E-state index is 12.2. The van der Waals surface area contributed by atoms with Crippen molar-refractivity contribution in [3.8, 4) is 0 Å². The van der Waals surface area contributed by atoms with E-state index in [0.717, 1.165) is 24.0 Å². The second-order valence-corrected chi connectivity index (χ2v) is 5.43. The number of amides is 1. The molecule has 4 nitrogen and oxygen atoms in total. The highest BCUT2D eigenvalue weighted by atomic mass is 35.5. The Labute approximate surface area is 126 Å². The van der Waals surface area contributed by atoms with Gasteiger partial charge in [0.2, 0.25) is 5.91 Å². The first-order valence-corrected chi connectivity index (χ1v) is 6.79. The molecule has 20 heavy (non-hydrogen) atoms. The molecule has 5 heteroatoms. The van der Waals surface area contributed by atoms with Crippen LogP contribution in [0.15, 0.2) is 24.3 Å². The number of hydrogen-bond donors (Lipinski definition) is 2. The van der Waals surface area contributed by atoms with Crippen LogP contribution in [0.2, 0.25) is 0 Å². The first kappa shape index (κ1) is 17.0. The minimum Gasteiger partial charge on any atom is -0.387 e. The van der Waals surface area contributed by atoms with Gasteiger partial charge >= 0.3 is 0 Å². The van der Waals surface area contributed by atoms with Crippen molar-refractivity contribution >= 4 is 18.3 Å². The van der Waals surface area contributed by atoms with Crippen molar-refractivity contribution in [3.63, 3.8) is 0 Å². The number of aliphatic hydroxyl groups excluding tert-OH is 1.